The lowest BCUT2D eigenvalue weighted by atomic mass is 10.1. The lowest BCUT2D eigenvalue weighted by Gasteiger charge is -2.27. The maximum atomic E-state index is 12.5. The molecule has 0 aromatic carbocycles. The van der Waals surface area contributed by atoms with E-state index in [9.17, 15) is 13.2 Å². The Morgan fingerprint density at radius 2 is 1.64 bits per heavy atom. The second kappa shape index (κ2) is 8.68. The predicted octanol–water partition coefficient (Wildman–Crippen LogP) is 1.74. The first-order valence-corrected chi connectivity index (χ1v) is 11.0. The lowest BCUT2D eigenvalue weighted by Crippen LogP contribution is -2.40. The number of piperidine rings is 1. The van der Waals surface area contributed by atoms with Crippen LogP contribution in [0.1, 0.15) is 46.5 Å². The van der Waals surface area contributed by atoms with Gasteiger partial charge in [0.05, 0.1) is 5.75 Å². The molecule has 0 aromatic rings. The highest BCUT2D eigenvalue weighted by Gasteiger charge is 2.31. The van der Waals surface area contributed by atoms with Gasteiger partial charge < -0.3 is 14.5 Å². The number of ether oxygens (including phenoxy) is 1. The predicted molar refractivity (Wildman–Crippen MR) is 98.1 cm³/mol. The number of sulfonamides is 1. The van der Waals surface area contributed by atoms with Crippen LogP contribution >= 0.6 is 0 Å². The van der Waals surface area contributed by atoms with Crippen molar-refractivity contribution in [3.05, 3.63) is 0 Å². The van der Waals surface area contributed by atoms with Gasteiger partial charge in [-0.1, -0.05) is 6.42 Å². The summed E-state index contributed by atoms with van der Waals surface area (Å²) in [6.45, 7) is 10.1. The molecule has 1 amide bonds. The van der Waals surface area contributed by atoms with E-state index >= 15 is 0 Å². The van der Waals surface area contributed by atoms with Gasteiger partial charge in [0.15, 0.2) is 0 Å². The highest BCUT2D eigenvalue weighted by Crippen LogP contribution is 2.15. The second-order valence-electron chi connectivity index (χ2n) is 7.94. The van der Waals surface area contributed by atoms with Crippen LogP contribution in [0.15, 0.2) is 0 Å². The van der Waals surface area contributed by atoms with Crippen LogP contribution < -0.4 is 0 Å². The Morgan fingerprint density at radius 1 is 0.960 bits per heavy atom. The van der Waals surface area contributed by atoms with E-state index in [0.717, 1.165) is 26.1 Å². The van der Waals surface area contributed by atoms with Crippen molar-refractivity contribution in [1.29, 1.82) is 0 Å². The average Bonchev–Trinajstić information content (AvgIpc) is 2.66. The molecular weight excluding hydrogens is 342 g/mol. The summed E-state index contributed by atoms with van der Waals surface area (Å²) in [6, 6.07) is 0. The molecule has 7 nitrogen and oxygen atoms in total. The van der Waals surface area contributed by atoms with Crippen molar-refractivity contribution in [2.24, 2.45) is 0 Å². The molecule has 2 aliphatic rings. The van der Waals surface area contributed by atoms with Gasteiger partial charge in [-0.2, -0.15) is 0 Å². The van der Waals surface area contributed by atoms with E-state index in [1.54, 1.807) is 4.31 Å². The van der Waals surface area contributed by atoms with Gasteiger partial charge in [0.1, 0.15) is 5.60 Å². The monoisotopic (exact) mass is 375 g/mol. The van der Waals surface area contributed by atoms with Crippen molar-refractivity contribution >= 4 is 16.1 Å². The van der Waals surface area contributed by atoms with E-state index < -0.39 is 21.7 Å². The standard InChI is InChI=1S/C17H33N3O4S/c1-17(2,3)24-16(21)19-12-13-20(25(22,23)15-14-19)11-7-10-18-8-5-4-6-9-18/h4-15H2,1-3H3. The zero-order chi connectivity index (χ0) is 18.5. The second-order valence-corrected chi connectivity index (χ2v) is 10.0. The summed E-state index contributed by atoms with van der Waals surface area (Å²) in [5.41, 5.74) is -0.573. The Labute approximate surface area is 152 Å². The summed E-state index contributed by atoms with van der Waals surface area (Å²) in [6.07, 6.45) is 4.20. The molecule has 0 radical (unpaired) electrons. The van der Waals surface area contributed by atoms with Gasteiger partial charge in [0.2, 0.25) is 10.0 Å². The zero-order valence-electron chi connectivity index (χ0n) is 15.9. The summed E-state index contributed by atoms with van der Waals surface area (Å²) in [4.78, 5) is 16.1. The molecule has 2 rings (SSSR count). The third-order valence-corrected chi connectivity index (χ3v) is 6.46. The molecular formula is C17H33N3O4S. The molecule has 0 saturated carbocycles. The number of carbonyl (C=O) groups excluding carboxylic acids is 1. The van der Waals surface area contributed by atoms with Crippen LogP contribution in [0.3, 0.4) is 0 Å². The molecule has 2 aliphatic heterocycles. The summed E-state index contributed by atoms with van der Waals surface area (Å²) >= 11 is 0. The minimum atomic E-state index is -3.31. The number of nitrogens with zero attached hydrogens (tertiary/aromatic N) is 3. The van der Waals surface area contributed by atoms with Gasteiger partial charge >= 0.3 is 6.09 Å². The highest BCUT2D eigenvalue weighted by atomic mass is 32.2. The van der Waals surface area contributed by atoms with Crippen LogP contribution in [0, 0.1) is 0 Å². The maximum Gasteiger partial charge on any atom is 0.410 e. The topological polar surface area (TPSA) is 70.2 Å². The molecule has 0 bridgehead atoms. The molecule has 146 valence electrons. The van der Waals surface area contributed by atoms with Crippen molar-refractivity contribution in [2.45, 2.75) is 52.1 Å². The molecule has 0 aromatic heterocycles. The normalized spacial score (nSPS) is 23.2. The number of likely N-dealkylation sites (tertiary alicyclic amines) is 1. The van der Waals surface area contributed by atoms with Crippen LogP contribution in [-0.4, -0.2) is 85.8 Å². The Hall–Kier alpha value is -0.860. The first-order chi connectivity index (χ1) is 11.7. The number of rotatable bonds is 4. The van der Waals surface area contributed by atoms with E-state index in [0.29, 0.717) is 19.6 Å². The third-order valence-electron chi connectivity index (χ3n) is 4.61. The van der Waals surface area contributed by atoms with E-state index in [1.165, 1.54) is 24.2 Å². The molecule has 0 N–H and O–H groups in total. The summed E-state index contributed by atoms with van der Waals surface area (Å²) in [5, 5.41) is 0. The van der Waals surface area contributed by atoms with Gasteiger partial charge in [-0.25, -0.2) is 17.5 Å². The molecule has 0 spiro atoms. The smallest absolute Gasteiger partial charge is 0.410 e. The Balaban J connectivity index is 1.84. The summed E-state index contributed by atoms with van der Waals surface area (Å²) < 4.78 is 31.8. The number of hydrogen-bond donors (Lipinski definition) is 0. The highest BCUT2D eigenvalue weighted by molar-refractivity contribution is 7.89. The van der Waals surface area contributed by atoms with E-state index in [2.05, 4.69) is 4.90 Å². The third kappa shape index (κ3) is 6.75. The van der Waals surface area contributed by atoms with Crippen LogP contribution in [-0.2, 0) is 14.8 Å². The zero-order valence-corrected chi connectivity index (χ0v) is 16.7. The van der Waals surface area contributed by atoms with E-state index in [1.807, 2.05) is 20.8 Å². The summed E-state index contributed by atoms with van der Waals surface area (Å²) in [5.74, 6) is -0.0318. The molecule has 0 unspecified atom stereocenters. The van der Waals surface area contributed by atoms with Crippen LogP contribution in [0.2, 0.25) is 0 Å². The number of carbonyl (C=O) groups is 1. The minimum Gasteiger partial charge on any atom is -0.444 e. The van der Waals surface area contributed by atoms with Gasteiger partial charge in [0.25, 0.3) is 0 Å². The Morgan fingerprint density at radius 3 is 2.28 bits per heavy atom. The van der Waals surface area contributed by atoms with Crippen LogP contribution in [0.25, 0.3) is 0 Å². The molecule has 0 aliphatic carbocycles. The van der Waals surface area contributed by atoms with Crippen LogP contribution in [0.5, 0.6) is 0 Å². The first kappa shape index (κ1) is 20.5. The average molecular weight is 376 g/mol. The Bertz CT molecular complexity index is 539. The fraction of sp³-hybridized carbons (Fsp3) is 0.941. The quantitative estimate of drug-likeness (QED) is 0.749. The fourth-order valence-electron chi connectivity index (χ4n) is 3.25. The first-order valence-electron chi connectivity index (χ1n) is 9.35. The molecule has 8 heteroatoms. The fourth-order valence-corrected chi connectivity index (χ4v) is 4.73. The van der Waals surface area contributed by atoms with E-state index in [-0.39, 0.29) is 12.3 Å². The number of hydrogen-bond acceptors (Lipinski definition) is 5. The van der Waals surface area contributed by atoms with Gasteiger partial charge in [0, 0.05) is 26.2 Å². The molecule has 2 saturated heterocycles. The van der Waals surface area contributed by atoms with Crippen molar-refractivity contribution in [2.75, 3.05) is 51.6 Å². The maximum absolute atomic E-state index is 12.5. The molecule has 2 fully saturated rings. The van der Waals surface area contributed by atoms with Crippen molar-refractivity contribution in [1.82, 2.24) is 14.1 Å². The number of amides is 1. The van der Waals surface area contributed by atoms with Crippen LogP contribution in [0.4, 0.5) is 4.79 Å². The molecule has 25 heavy (non-hydrogen) atoms. The van der Waals surface area contributed by atoms with Crippen molar-refractivity contribution < 1.29 is 17.9 Å². The lowest BCUT2D eigenvalue weighted by molar-refractivity contribution is 0.0262. The SMILES string of the molecule is CC(C)(C)OC(=O)N1CCN(CCCN2CCCCC2)S(=O)(=O)CC1. The van der Waals surface area contributed by atoms with Crippen molar-refractivity contribution in [3.63, 3.8) is 0 Å². The van der Waals surface area contributed by atoms with Gasteiger partial charge in [-0.3, -0.25) is 0 Å². The van der Waals surface area contributed by atoms with Gasteiger partial charge in [-0.15, -0.1) is 0 Å². The largest absolute Gasteiger partial charge is 0.444 e. The van der Waals surface area contributed by atoms with E-state index in [4.69, 9.17) is 4.74 Å². The van der Waals surface area contributed by atoms with Gasteiger partial charge in [-0.05, 0) is 59.7 Å². The summed E-state index contributed by atoms with van der Waals surface area (Å²) in [7, 11) is -3.31. The minimum absolute atomic E-state index is 0.0318. The molecule has 2 heterocycles. The molecule has 0 atom stereocenters. The Kier molecular flexibility index (Phi) is 7.10. The van der Waals surface area contributed by atoms with Crippen molar-refractivity contribution in [3.8, 4) is 0 Å².